The van der Waals surface area contributed by atoms with E-state index in [2.05, 4.69) is 6.92 Å². The first kappa shape index (κ1) is 14.4. The van der Waals surface area contributed by atoms with Gasteiger partial charge in [-0.15, -0.1) is 0 Å². The van der Waals surface area contributed by atoms with Crippen molar-refractivity contribution in [3.8, 4) is 11.1 Å². The van der Waals surface area contributed by atoms with Gasteiger partial charge in [0.2, 0.25) is 0 Å². The van der Waals surface area contributed by atoms with Gasteiger partial charge in [-0.1, -0.05) is 49.7 Å². The molecule has 20 heavy (non-hydrogen) atoms. The molecule has 2 aromatic carbocycles. The highest BCUT2D eigenvalue weighted by Crippen LogP contribution is 2.27. The monoisotopic (exact) mass is 274 g/mol. The zero-order chi connectivity index (χ0) is 14.5. The summed E-state index contributed by atoms with van der Waals surface area (Å²) in [4.78, 5) is 10.4. The van der Waals surface area contributed by atoms with Gasteiger partial charge in [-0.25, -0.2) is 8.78 Å². The molecular formula is C17H16F2O. The molecule has 0 radical (unpaired) electrons. The lowest BCUT2D eigenvalue weighted by atomic mass is 9.99. The number of carbonyl (C=O) groups excluding carboxylic acids is 1. The van der Waals surface area contributed by atoms with Crippen LogP contribution in [0.25, 0.3) is 11.1 Å². The van der Waals surface area contributed by atoms with Crippen LogP contribution in [0.5, 0.6) is 0 Å². The van der Waals surface area contributed by atoms with Crippen LogP contribution in [0.15, 0.2) is 36.4 Å². The first-order valence-electron chi connectivity index (χ1n) is 6.67. The Hall–Kier alpha value is -2.03. The summed E-state index contributed by atoms with van der Waals surface area (Å²) in [7, 11) is 0. The van der Waals surface area contributed by atoms with Gasteiger partial charge in [0, 0.05) is 12.0 Å². The molecule has 0 N–H and O–H groups in total. The highest BCUT2D eigenvalue weighted by atomic mass is 19.2. The Balaban J connectivity index is 2.37. The lowest BCUT2D eigenvalue weighted by Gasteiger charge is -2.08. The van der Waals surface area contributed by atoms with Crippen molar-refractivity contribution in [2.45, 2.75) is 26.2 Å². The average Bonchev–Trinajstić information content (AvgIpc) is 2.46. The summed E-state index contributed by atoms with van der Waals surface area (Å²) in [6.07, 6.45) is 2.47. The van der Waals surface area contributed by atoms with Gasteiger partial charge in [0.05, 0.1) is 0 Å². The topological polar surface area (TPSA) is 17.1 Å². The lowest BCUT2D eigenvalue weighted by Crippen LogP contribution is -1.98. The third-order valence-electron chi connectivity index (χ3n) is 3.27. The number of aldehydes is 1. The van der Waals surface area contributed by atoms with Crippen LogP contribution in [0, 0.1) is 11.6 Å². The molecule has 0 aliphatic heterocycles. The van der Waals surface area contributed by atoms with Gasteiger partial charge in [-0.05, 0) is 23.1 Å². The first-order chi connectivity index (χ1) is 9.67. The molecule has 0 unspecified atom stereocenters. The molecule has 0 aliphatic rings. The van der Waals surface area contributed by atoms with Gasteiger partial charge in [0.1, 0.15) is 6.29 Å². The van der Waals surface area contributed by atoms with Gasteiger partial charge in [0.25, 0.3) is 0 Å². The highest BCUT2D eigenvalue weighted by Gasteiger charge is 2.14. The van der Waals surface area contributed by atoms with E-state index in [0.29, 0.717) is 11.8 Å². The third-order valence-corrected chi connectivity index (χ3v) is 3.27. The molecule has 0 saturated carbocycles. The molecule has 104 valence electrons. The Morgan fingerprint density at radius 2 is 1.70 bits per heavy atom. The van der Waals surface area contributed by atoms with Crippen molar-refractivity contribution in [1.82, 2.24) is 0 Å². The van der Waals surface area contributed by atoms with E-state index in [1.165, 1.54) is 17.7 Å². The number of hydrogen-bond donors (Lipinski definition) is 0. The van der Waals surface area contributed by atoms with E-state index in [-0.39, 0.29) is 17.5 Å². The minimum atomic E-state index is -0.938. The smallest absolute Gasteiger partial charge is 0.166 e. The van der Waals surface area contributed by atoms with Crippen LogP contribution in [-0.2, 0) is 17.6 Å². The van der Waals surface area contributed by atoms with Crippen LogP contribution < -0.4 is 0 Å². The lowest BCUT2D eigenvalue weighted by molar-refractivity contribution is -0.107. The van der Waals surface area contributed by atoms with Crippen molar-refractivity contribution in [3.05, 3.63) is 59.2 Å². The second-order valence-electron chi connectivity index (χ2n) is 4.72. The number of carbonyl (C=O) groups is 1. The zero-order valence-corrected chi connectivity index (χ0v) is 11.3. The SMILES string of the molecule is CCCc1ccc(-c2ccc(CC=O)c(F)c2F)cc1. The number of rotatable bonds is 5. The fourth-order valence-electron chi connectivity index (χ4n) is 2.20. The highest BCUT2D eigenvalue weighted by molar-refractivity contribution is 5.66. The van der Waals surface area contributed by atoms with E-state index < -0.39 is 11.6 Å². The maximum atomic E-state index is 14.0. The maximum absolute atomic E-state index is 14.0. The molecule has 2 aromatic rings. The Kier molecular flexibility index (Phi) is 4.61. The van der Waals surface area contributed by atoms with E-state index in [4.69, 9.17) is 0 Å². The molecule has 0 bridgehead atoms. The minimum absolute atomic E-state index is 0.0869. The van der Waals surface area contributed by atoms with Crippen molar-refractivity contribution < 1.29 is 13.6 Å². The van der Waals surface area contributed by atoms with Crippen LogP contribution in [0.4, 0.5) is 8.78 Å². The largest absolute Gasteiger partial charge is 0.303 e. The molecule has 1 nitrogen and oxygen atoms in total. The molecule has 0 aromatic heterocycles. The second kappa shape index (κ2) is 6.42. The zero-order valence-electron chi connectivity index (χ0n) is 11.3. The normalized spacial score (nSPS) is 10.6. The molecule has 2 rings (SSSR count). The summed E-state index contributed by atoms with van der Waals surface area (Å²) in [6.45, 7) is 2.09. The van der Waals surface area contributed by atoms with Gasteiger partial charge in [-0.3, -0.25) is 0 Å². The van der Waals surface area contributed by atoms with Crippen LogP contribution in [0.3, 0.4) is 0 Å². The maximum Gasteiger partial charge on any atom is 0.166 e. The van der Waals surface area contributed by atoms with Gasteiger partial charge < -0.3 is 4.79 Å². The van der Waals surface area contributed by atoms with Crippen LogP contribution in [-0.4, -0.2) is 6.29 Å². The summed E-state index contributed by atoms with van der Waals surface area (Å²) in [6, 6.07) is 10.4. The number of benzene rings is 2. The molecular weight excluding hydrogens is 258 g/mol. The predicted molar refractivity (Wildman–Crippen MR) is 75.6 cm³/mol. The van der Waals surface area contributed by atoms with E-state index >= 15 is 0 Å². The van der Waals surface area contributed by atoms with Gasteiger partial charge in [0.15, 0.2) is 11.6 Å². The standard InChI is InChI=1S/C17H16F2O/c1-2-3-12-4-6-13(7-5-12)15-9-8-14(10-11-20)16(18)17(15)19/h4-9,11H,2-3,10H2,1H3. The Bertz CT molecular complexity index is 603. The van der Waals surface area contributed by atoms with Crippen molar-refractivity contribution in [1.29, 1.82) is 0 Å². The van der Waals surface area contributed by atoms with E-state index in [1.807, 2.05) is 12.1 Å². The van der Waals surface area contributed by atoms with Gasteiger partial charge >= 0.3 is 0 Å². The Labute approximate surface area is 117 Å². The molecule has 3 heteroatoms. The van der Waals surface area contributed by atoms with Crippen molar-refractivity contribution in [2.24, 2.45) is 0 Å². The quantitative estimate of drug-likeness (QED) is 0.742. The number of hydrogen-bond acceptors (Lipinski definition) is 1. The molecule has 0 aliphatic carbocycles. The Morgan fingerprint density at radius 1 is 1.00 bits per heavy atom. The van der Waals surface area contributed by atoms with Crippen LogP contribution >= 0.6 is 0 Å². The molecule has 0 amide bonds. The van der Waals surface area contributed by atoms with Crippen molar-refractivity contribution in [3.63, 3.8) is 0 Å². The summed E-state index contributed by atoms with van der Waals surface area (Å²) in [5, 5.41) is 0. The molecule has 0 spiro atoms. The van der Waals surface area contributed by atoms with Crippen molar-refractivity contribution >= 4 is 6.29 Å². The van der Waals surface area contributed by atoms with E-state index in [9.17, 15) is 13.6 Å². The van der Waals surface area contributed by atoms with Gasteiger partial charge in [-0.2, -0.15) is 0 Å². The third kappa shape index (κ3) is 2.93. The summed E-state index contributed by atoms with van der Waals surface area (Å²) < 4.78 is 27.8. The molecule has 0 atom stereocenters. The summed E-state index contributed by atoms with van der Waals surface area (Å²) >= 11 is 0. The molecule has 0 fully saturated rings. The number of aryl methyl sites for hydroxylation is 1. The van der Waals surface area contributed by atoms with Crippen LogP contribution in [0.2, 0.25) is 0 Å². The van der Waals surface area contributed by atoms with E-state index in [0.717, 1.165) is 12.8 Å². The minimum Gasteiger partial charge on any atom is -0.303 e. The molecule has 0 saturated heterocycles. The van der Waals surface area contributed by atoms with E-state index in [1.54, 1.807) is 12.1 Å². The van der Waals surface area contributed by atoms with Crippen LogP contribution in [0.1, 0.15) is 24.5 Å². The average molecular weight is 274 g/mol. The number of halogens is 2. The summed E-state index contributed by atoms with van der Waals surface area (Å²) in [5.41, 5.74) is 2.12. The fraction of sp³-hybridized carbons (Fsp3) is 0.235. The molecule has 0 heterocycles. The first-order valence-corrected chi connectivity index (χ1v) is 6.67. The second-order valence-corrected chi connectivity index (χ2v) is 4.72. The predicted octanol–water partition coefficient (Wildman–Crippen LogP) is 4.33. The Morgan fingerprint density at radius 3 is 2.30 bits per heavy atom. The van der Waals surface area contributed by atoms with Crippen molar-refractivity contribution in [2.75, 3.05) is 0 Å². The summed E-state index contributed by atoms with van der Waals surface area (Å²) in [5.74, 6) is -1.83. The fourth-order valence-corrected chi connectivity index (χ4v) is 2.20.